The van der Waals surface area contributed by atoms with Crippen molar-refractivity contribution < 1.29 is 14.4 Å². The van der Waals surface area contributed by atoms with E-state index in [1.807, 2.05) is 66.9 Å². The van der Waals surface area contributed by atoms with Gasteiger partial charge in [-0.25, -0.2) is 0 Å². The normalized spacial score (nSPS) is 19.7. The molecule has 0 N–H and O–H groups in total. The van der Waals surface area contributed by atoms with Gasteiger partial charge in [0, 0.05) is 56.1 Å². The maximum Gasteiger partial charge on any atom is 0.241 e. The van der Waals surface area contributed by atoms with Crippen molar-refractivity contribution >= 4 is 17.7 Å². The summed E-state index contributed by atoms with van der Waals surface area (Å²) in [5.74, 6) is -0.689. The molecule has 1 aliphatic heterocycles. The van der Waals surface area contributed by atoms with Gasteiger partial charge in [-0.15, -0.1) is 0 Å². The third kappa shape index (κ3) is 4.32. The first kappa shape index (κ1) is 23.9. The average Bonchev–Trinajstić information content (AvgIpc) is 3.65. The second-order valence-corrected chi connectivity index (χ2v) is 9.97. The number of likely N-dealkylation sites (tertiary alicyclic amines) is 1. The third-order valence-corrected chi connectivity index (χ3v) is 7.55. The summed E-state index contributed by atoms with van der Waals surface area (Å²) in [5, 5.41) is 4.51. The number of amides is 3. The molecule has 3 heterocycles. The predicted molar refractivity (Wildman–Crippen MR) is 133 cm³/mol. The topological polar surface area (TPSA) is 88.4 Å². The van der Waals surface area contributed by atoms with Crippen molar-refractivity contribution in [1.29, 1.82) is 0 Å². The predicted octanol–water partition coefficient (Wildman–Crippen LogP) is 3.21. The summed E-state index contributed by atoms with van der Waals surface area (Å²) in [6.45, 7) is 4.57. The number of carbonyl (C=O) groups excluding carboxylic acids is 3. The summed E-state index contributed by atoms with van der Waals surface area (Å²) in [4.78, 5) is 48.4. The molecule has 1 atom stereocenters. The average molecular weight is 486 g/mol. The van der Waals surface area contributed by atoms with E-state index in [9.17, 15) is 14.4 Å². The Morgan fingerprint density at radius 1 is 1.11 bits per heavy atom. The molecule has 3 amide bonds. The van der Waals surface area contributed by atoms with Crippen LogP contribution in [0.2, 0.25) is 0 Å². The number of benzene rings is 1. The number of hydrogen-bond donors (Lipinski definition) is 0. The molecule has 2 aliphatic rings. The molecule has 0 bridgehead atoms. The number of aromatic nitrogens is 3. The molecule has 1 aliphatic carbocycles. The van der Waals surface area contributed by atoms with Crippen LogP contribution < -0.4 is 0 Å². The van der Waals surface area contributed by atoms with Gasteiger partial charge in [-0.1, -0.05) is 36.4 Å². The highest BCUT2D eigenvalue weighted by Crippen LogP contribution is 2.42. The van der Waals surface area contributed by atoms with Gasteiger partial charge in [-0.2, -0.15) is 5.10 Å². The van der Waals surface area contributed by atoms with Crippen LogP contribution in [0.15, 0.2) is 54.9 Å². The first-order valence-electron chi connectivity index (χ1n) is 12.4. The SMILES string of the molecule is Cc1nn(C)c(C)c1CN(C(=O)CC1(c2ccccc2)CC(=O)N(Cc2cccnc2)C1=O)C1CC1. The Labute approximate surface area is 210 Å². The molecule has 2 aromatic heterocycles. The van der Waals surface area contributed by atoms with Crippen molar-refractivity contribution in [2.45, 2.75) is 64.1 Å². The minimum absolute atomic E-state index is 0.0225. The molecular weight excluding hydrogens is 454 g/mol. The molecule has 3 aromatic rings. The van der Waals surface area contributed by atoms with Crippen LogP contribution >= 0.6 is 0 Å². The minimum Gasteiger partial charge on any atom is -0.335 e. The molecule has 1 aromatic carbocycles. The lowest BCUT2D eigenvalue weighted by Crippen LogP contribution is -2.44. The number of aryl methyl sites for hydroxylation is 2. The maximum atomic E-state index is 14.0. The van der Waals surface area contributed by atoms with Crippen molar-refractivity contribution in [3.63, 3.8) is 0 Å². The third-order valence-electron chi connectivity index (χ3n) is 7.55. The van der Waals surface area contributed by atoms with Gasteiger partial charge < -0.3 is 4.90 Å². The van der Waals surface area contributed by atoms with Gasteiger partial charge in [0.2, 0.25) is 17.7 Å². The maximum absolute atomic E-state index is 14.0. The van der Waals surface area contributed by atoms with E-state index in [0.717, 1.165) is 35.4 Å². The molecule has 1 saturated heterocycles. The zero-order chi connectivity index (χ0) is 25.4. The largest absolute Gasteiger partial charge is 0.335 e. The first-order valence-corrected chi connectivity index (χ1v) is 12.4. The Morgan fingerprint density at radius 2 is 1.86 bits per heavy atom. The summed E-state index contributed by atoms with van der Waals surface area (Å²) < 4.78 is 1.83. The molecule has 8 heteroatoms. The van der Waals surface area contributed by atoms with Crippen molar-refractivity contribution in [2.24, 2.45) is 7.05 Å². The van der Waals surface area contributed by atoms with Crippen LogP contribution in [0, 0.1) is 13.8 Å². The number of hydrogen-bond acceptors (Lipinski definition) is 5. The number of nitrogens with zero attached hydrogens (tertiary/aromatic N) is 5. The van der Waals surface area contributed by atoms with Crippen molar-refractivity contribution in [3.05, 3.63) is 82.9 Å². The highest BCUT2D eigenvalue weighted by Gasteiger charge is 2.54. The second kappa shape index (κ2) is 9.33. The fourth-order valence-electron chi connectivity index (χ4n) is 5.24. The molecule has 2 fully saturated rings. The lowest BCUT2D eigenvalue weighted by molar-refractivity contribution is -0.143. The number of pyridine rings is 1. The molecule has 1 saturated carbocycles. The van der Waals surface area contributed by atoms with E-state index >= 15 is 0 Å². The molecule has 0 spiro atoms. The van der Waals surface area contributed by atoms with E-state index in [4.69, 9.17) is 0 Å². The fourth-order valence-corrected chi connectivity index (χ4v) is 5.24. The Hall–Kier alpha value is -3.81. The summed E-state index contributed by atoms with van der Waals surface area (Å²) in [6.07, 6.45) is 5.14. The smallest absolute Gasteiger partial charge is 0.241 e. The van der Waals surface area contributed by atoms with Crippen molar-refractivity contribution in [1.82, 2.24) is 24.6 Å². The lowest BCUT2D eigenvalue weighted by atomic mass is 9.75. The summed E-state index contributed by atoms with van der Waals surface area (Å²) in [5.41, 5.74) is 3.23. The van der Waals surface area contributed by atoms with Gasteiger partial charge in [0.25, 0.3) is 0 Å². The van der Waals surface area contributed by atoms with Crippen LogP contribution in [0.4, 0.5) is 0 Å². The van der Waals surface area contributed by atoms with Crippen LogP contribution in [-0.2, 0) is 39.9 Å². The number of imide groups is 1. The number of carbonyl (C=O) groups is 3. The van der Waals surface area contributed by atoms with Gasteiger partial charge >= 0.3 is 0 Å². The minimum atomic E-state index is -1.22. The van der Waals surface area contributed by atoms with E-state index in [1.54, 1.807) is 18.5 Å². The first-order chi connectivity index (χ1) is 17.3. The molecule has 36 heavy (non-hydrogen) atoms. The lowest BCUT2D eigenvalue weighted by Gasteiger charge is -2.31. The fraction of sp³-hybridized carbons (Fsp3) is 0.393. The van der Waals surface area contributed by atoms with Crippen LogP contribution in [0.5, 0.6) is 0 Å². The summed E-state index contributed by atoms with van der Waals surface area (Å²) >= 11 is 0. The Bertz CT molecular complexity index is 1300. The molecule has 1 unspecified atom stereocenters. The van der Waals surface area contributed by atoms with Gasteiger partial charge in [0.1, 0.15) is 0 Å². The van der Waals surface area contributed by atoms with E-state index in [1.165, 1.54) is 4.90 Å². The van der Waals surface area contributed by atoms with Crippen LogP contribution in [0.25, 0.3) is 0 Å². The molecule has 5 rings (SSSR count). The van der Waals surface area contributed by atoms with E-state index in [0.29, 0.717) is 12.1 Å². The molecular formula is C28H31N5O3. The van der Waals surface area contributed by atoms with Gasteiger partial charge in [-0.05, 0) is 43.9 Å². The standard InChI is InChI=1S/C28H31N5O3/c1-19-24(20(2)31(3)30-19)18-32(23-11-12-23)25(34)14-28(22-9-5-4-6-10-22)15-26(35)33(27(28)36)17-21-8-7-13-29-16-21/h4-10,13,16,23H,11-12,14-15,17-18H2,1-3H3. The van der Waals surface area contributed by atoms with Crippen LogP contribution in [0.1, 0.15) is 53.8 Å². The van der Waals surface area contributed by atoms with E-state index < -0.39 is 5.41 Å². The molecule has 0 radical (unpaired) electrons. The van der Waals surface area contributed by atoms with Gasteiger partial charge in [0.15, 0.2) is 0 Å². The zero-order valence-corrected chi connectivity index (χ0v) is 21.0. The van der Waals surface area contributed by atoms with Crippen molar-refractivity contribution in [2.75, 3.05) is 0 Å². The van der Waals surface area contributed by atoms with E-state index in [-0.39, 0.29) is 43.1 Å². The Kier molecular flexibility index (Phi) is 6.20. The Morgan fingerprint density at radius 3 is 2.47 bits per heavy atom. The van der Waals surface area contributed by atoms with Crippen LogP contribution in [-0.4, -0.2) is 48.3 Å². The number of rotatable bonds is 8. The summed E-state index contributed by atoms with van der Waals surface area (Å²) in [6, 6.07) is 13.1. The molecule has 8 nitrogen and oxygen atoms in total. The quantitative estimate of drug-likeness (QED) is 0.457. The second-order valence-electron chi connectivity index (χ2n) is 9.97. The highest BCUT2D eigenvalue weighted by atomic mass is 16.2. The van der Waals surface area contributed by atoms with Gasteiger partial charge in [-0.3, -0.25) is 28.9 Å². The zero-order valence-electron chi connectivity index (χ0n) is 21.0. The monoisotopic (exact) mass is 485 g/mol. The highest BCUT2D eigenvalue weighted by molar-refractivity contribution is 6.10. The van der Waals surface area contributed by atoms with Gasteiger partial charge in [0.05, 0.1) is 17.7 Å². The van der Waals surface area contributed by atoms with Crippen molar-refractivity contribution in [3.8, 4) is 0 Å². The summed E-state index contributed by atoms with van der Waals surface area (Å²) in [7, 11) is 1.90. The Balaban J connectivity index is 1.46. The molecule has 186 valence electrons. The van der Waals surface area contributed by atoms with E-state index in [2.05, 4.69) is 10.1 Å². The van der Waals surface area contributed by atoms with Crippen LogP contribution in [0.3, 0.4) is 0 Å².